The number of hydrogen-bond donors (Lipinski definition) is 1. The van der Waals surface area contributed by atoms with Gasteiger partial charge in [0.1, 0.15) is 18.0 Å². The zero-order chi connectivity index (χ0) is 16.9. The largest absolute Gasteiger partial charge is 0.355 e. The van der Waals surface area contributed by atoms with E-state index >= 15 is 0 Å². The van der Waals surface area contributed by atoms with Crippen LogP contribution in [0, 0.1) is 22.7 Å². The fourth-order valence-electron chi connectivity index (χ4n) is 4.39. The third-order valence-corrected chi connectivity index (χ3v) is 5.78. The van der Waals surface area contributed by atoms with Gasteiger partial charge >= 0.3 is 0 Å². The maximum absolute atomic E-state index is 9.44. The lowest BCUT2D eigenvalue weighted by molar-refractivity contribution is 0.211. The molecular weight excluding hydrogens is 371 g/mol. The quantitative estimate of drug-likeness (QED) is 0.727. The Morgan fingerprint density at radius 2 is 1.77 bits per heavy atom. The lowest BCUT2D eigenvalue weighted by Crippen LogP contribution is -2.42. The van der Waals surface area contributed by atoms with Gasteiger partial charge in [-0.3, -0.25) is 0 Å². The lowest BCUT2D eigenvalue weighted by Gasteiger charge is -2.35. The molecule has 0 aliphatic carbocycles. The van der Waals surface area contributed by atoms with Gasteiger partial charge in [-0.05, 0) is 58.8 Å². The van der Waals surface area contributed by atoms with Gasteiger partial charge in [0.15, 0.2) is 5.57 Å². The molecule has 3 aliphatic heterocycles. The van der Waals surface area contributed by atoms with Crippen molar-refractivity contribution in [1.82, 2.24) is 20.0 Å². The molecule has 1 unspecified atom stereocenters. The summed E-state index contributed by atoms with van der Waals surface area (Å²) >= 11 is 0. The SMILES string of the molecule is CN1CCCC1CCN1CCN(C2CCNCC2)C1=C(C#N)C#N.Cl.Cl. The topological polar surface area (TPSA) is 69.3 Å². The number of nitriles is 2. The Kier molecular flexibility index (Phi) is 9.54. The van der Waals surface area contributed by atoms with Crippen LogP contribution < -0.4 is 5.32 Å². The first-order valence-corrected chi connectivity index (χ1v) is 9.21. The molecule has 3 rings (SSSR count). The molecule has 1 N–H and O–H groups in total. The number of halogens is 2. The molecular formula is C18H30Cl2N6. The van der Waals surface area contributed by atoms with E-state index in [0.717, 1.165) is 57.8 Å². The molecule has 0 amide bonds. The molecule has 0 aromatic heterocycles. The minimum absolute atomic E-state index is 0. The third kappa shape index (κ3) is 4.96. The van der Waals surface area contributed by atoms with Crippen LogP contribution in [-0.2, 0) is 0 Å². The van der Waals surface area contributed by atoms with Gasteiger partial charge in [0.05, 0.1) is 0 Å². The summed E-state index contributed by atoms with van der Waals surface area (Å²) in [6.45, 7) is 6.05. The van der Waals surface area contributed by atoms with Crippen LogP contribution in [0.1, 0.15) is 32.1 Å². The minimum Gasteiger partial charge on any atom is -0.355 e. The molecule has 3 fully saturated rings. The van der Waals surface area contributed by atoms with Crippen molar-refractivity contribution < 1.29 is 0 Å². The average Bonchev–Trinajstić information content (AvgIpc) is 3.21. The van der Waals surface area contributed by atoms with Crippen molar-refractivity contribution in [2.75, 3.05) is 46.3 Å². The summed E-state index contributed by atoms with van der Waals surface area (Å²) in [5.41, 5.74) is 0.283. The van der Waals surface area contributed by atoms with Crippen LogP contribution in [0.4, 0.5) is 0 Å². The Labute approximate surface area is 169 Å². The summed E-state index contributed by atoms with van der Waals surface area (Å²) in [4.78, 5) is 7.07. The van der Waals surface area contributed by atoms with Crippen molar-refractivity contribution in [1.29, 1.82) is 10.5 Å². The number of nitrogens with one attached hydrogen (secondary N) is 1. The molecule has 8 heteroatoms. The van der Waals surface area contributed by atoms with E-state index in [0.29, 0.717) is 12.1 Å². The molecule has 146 valence electrons. The monoisotopic (exact) mass is 400 g/mol. The Morgan fingerprint density at radius 1 is 1.08 bits per heavy atom. The molecule has 0 aromatic carbocycles. The van der Waals surface area contributed by atoms with Gasteiger partial charge in [-0.2, -0.15) is 10.5 Å². The highest BCUT2D eigenvalue weighted by Gasteiger charge is 2.34. The highest BCUT2D eigenvalue weighted by Crippen LogP contribution is 2.29. The van der Waals surface area contributed by atoms with Crippen molar-refractivity contribution in [3.8, 4) is 12.1 Å². The summed E-state index contributed by atoms with van der Waals surface area (Å²) in [5.74, 6) is 0.896. The molecule has 3 aliphatic rings. The van der Waals surface area contributed by atoms with E-state index in [-0.39, 0.29) is 30.4 Å². The van der Waals surface area contributed by atoms with E-state index in [2.05, 4.69) is 39.2 Å². The number of allylic oxidation sites excluding steroid dienone is 1. The minimum atomic E-state index is 0. The second-order valence-corrected chi connectivity index (χ2v) is 7.15. The lowest BCUT2D eigenvalue weighted by atomic mass is 10.0. The Bertz CT molecular complexity index is 545. The summed E-state index contributed by atoms with van der Waals surface area (Å²) in [5, 5.41) is 22.3. The molecule has 1 atom stereocenters. The third-order valence-electron chi connectivity index (χ3n) is 5.78. The molecule has 3 heterocycles. The van der Waals surface area contributed by atoms with Crippen molar-refractivity contribution in [2.24, 2.45) is 0 Å². The van der Waals surface area contributed by atoms with E-state index < -0.39 is 0 Å². The molecule has 26 heavy (non-hydrogen) atoms. The number of hydrogen-bond acceptors (Lipinski definition) is 6. The summed E-state index contributed by atoms with van der Waals surface area (Å²) in [7, 11) is 2.20. The molecule has 0 bridgehead atoms. The van der Waals surface area contributed by atoms with Crippen molar-refractivity contribution in [3.05, 3.63) is 11.4 Å². The maximum atomic E-state index is 9.44. The van der Waals surface area contributed by atoms with E-state index in [9.17, 15) is 10.5 Å². The predicted octanol–water partition coefficient (Wildman–Crippen LogP) is 1.94. The van der Waals surface area contributed by atoms with E-state index in [1.54, 1.807) is 0 Å². The Morgan fingerprint density at radius 3 is 2.35 bits per heavy atom. The fourth-order valence-corrected chi connectivity index (χ4v) is 4.39. The van der Waals surface area contributed by atoms with Gasteiger partial charge in [0, 0.05) is 31.7 Å². The van der Waals surface area contributed by atoms with Crippen LogP contribution in [0.2, 0.25) is 0 Å². The zero-order valence-corrected chi connectivity index (χ0v) is 17.1. The van der Waals surface area contributed by atoms with Gasteiger partial charge in [-0.1, -0.05) is 0 Å². The molecule has 0 spiro atoms. The highest BCUT2D eigenvalue weighted by atomic mass is 35.5. The van der Waals surface area contributed by atoms with Gasteiger partial charge in [0.25, 0.3) is 0 Å². The van der Waals surface area contributed by atoms with Crippen LogP contribution in [0.5, 0.6) is 0 Å². The van der Waals surface area contributed by atoms with Crippen molar-refractivity contribution in [2.45, 2.75) is 44.2 Å². The van der Waals surface area contributed by atoms with Crippen molar-refractivity contribution >= 4 is 24.8 Å². The zero-order valence-electron chi connectivity index (χ0n) is 15.5. The first kappa shape index (κ1) is 22.9. The number of piperidine rings is 1. The standard InChI is InChI=1S/C18H28N6.2ClH/c1-22-9-2-3-16(22)6-10-23-11-12-24(17-4-7-21-8-5-17)18(23)15(13-19)14-20;;/h16-17,21H,2-12H2,1H3;2*1H. The number of nitrogens with zero attached hydrogens (tertiary/aromatic N) is 5. The molecule has 3 saturated heterocycles. The van der Waals surface area contributed by atoms with Gasteiger partial charge in [-0.15, -0.1) is 24.8 Å². The van der Waals surface area contributed by atoms with Crippen LogP contribution in [-0.4, -0.2) is 73.1 Å². The van der Waals surface area contributed by atoms with Gasteiger partial charge in [-0.25, -0.2) is 0 Å². The normalized spacial score (nSPS) is 23.8. The Balaban J connectivity index is 0.00000169. The van der Waals surface area contributed by atoms with Gasteiger partial charge < -0.3 is 20.0 Å². The molecule has 6 nitrogen and oxygen atoms in total. The maximum Gasteiger partial charge on any atom is 0.169 e. The van der Waals surface area contributed by atoms with Crippen molar-refractivity contribution in [3.63, 3.8) is 0 Å². The van der Waals surface area contributed by atoms with Crippen LogP contribution in [0.15, 0.2) is 11.4 Å². The Hall–Kier alpha value is -1.18. The van der Waals surface area contributed by atoms with E-state index in [1.165, 1.54) is 19.4 Å². The predicted molar refractivity (Wildman–Crippen MR) is 107 cm³/mol. The van der Waals surface area contributed by atoms with Crippen LogP contribution in [0.25, 0.3) is 0 Å². The summed E-state index contributed by atoms with van der Waals surface area (Å²) in [6.07, 6.45) is 5.85. The smallest absolute Gasteiger partial charge is 0.169 e. The first-order chi connectivity index (χ1) is 11.7. The second kappa shape index (κ2) is 10.8. The first-order valence-electron chi connectivity index (χ1n) is 9.21. The average molecular weight is 401 g/mol. The summed E-state index contributed by atoms with van der Waals surface area (Å²) < 4.78 is 0. The van der Waals surface area contributed by atoms with E-state index in [1.807, 2.05) is 0 Å². The number of rotatable bonds is 4. The fraction of sp³-hybridized carbons (Fsp3) is 0.778. The molecule has 0 radical (unpaired) electrons. The van der Waals surface area contributed by atoms with Crippen LogP contribution in [0.3, 0.4) is 0 Å². The molecule has 0 saturated carbocycles. The van der Waals surface area contributed by atoms with E-state index in [4.69, 9.17) is 0 Å². The highest BCUT2D eigenvalue weighted by molar-refractivity contribution is 5.85. The summed E-state index contributed by atoms with van der Waals surface area (Å²) in [6, 6.07) is 5.38. The van der Waals surface area contributed by atoms with Gasteiger partial charge in [0.2, 0.25) is 0 Å². The second-order valence-electron chi connectivity index (χ2n) is 7.15. The molecule has 0 aromatic rings. The number of likely N-dealkylation sites (tertiary alicyclic amines) is 1. The van der Waals surface area contributed by atoms with Crippen LogP contribution >= 0.6 is 24.8 Å².